The van der Waals surface area contributed by atoms with Gasteiger partial charge in [-0.05, 0) is 37.1 Å². The largest absolute Gasteiger partial charge is 0.395 e. The number of hydrogen-bond acceptors (Lipinski definition) is 3. The van der Waals surface area contributed by atoms with E-state index in [0.29, 0.717) is 18.7 Å². The van der Waals surface area contributed by atoms with E-state index in [1.54, 1.807) is 4.90 Å². The Labute approximate surface area is 115 Å². The van der Waals surface area contributed by atoms with E-state index in [9.17, 15) is 4.79 Å². The van der Waals surface area contributed by atoms with Crippen molar-refractivity contribution in [2.24, 2.45) is 0 Å². The molecule has 1 aromatic rings. The predicted octanol–water partition coefficient (Wildman–Crippen LogP) is 2.27. The van der Waals surface area contributed by atoms with Gasteiger partial charge in [-0.25, -0.2) is 0 Å². The van der Waals surface area contributed by atoms with Crippen LogP contribution in [0.5, 0.6) is 0 Å². The fraction of sp³-hybridized carbons (Fsp3) is 0.533. The Bertz CT molecular complexity index is 419. The number of hydrogen-bond donors (Lipinski definition) is 2. The minimum Gasteiger partial charge on any atom is -0.395 e. The molecule has 0 saturated heterocycles. The van der Waals surface area contributed by atoms with Crippen LogP contribution in [0.1, 0.15) is 35.7 Å². The van der Waals surface area contributed by atoms with Crippen molar-refractivity contribution in [2.45, 2.75) is 26.7 Å². The molecule has 0 aliphatic rings. The molecule has 0 heterocycles. The van der Waals surface area contributed by atoms with Crippen molar-refractivity contribution in [3.05, 3.63) is 29.3 Å². The average Bonchev–Trinajstić information content (AvgIpc) is 2.42. The fourth-order valence-electron chi connectivity index (χ4n) is 2.01. The van der Waals surface area contributed by atoms with E-state index in [-0.39, 0.29) is 12.5 Å². The molecule has 0 aliphatic heterocycles. The molecule has 0 fully saturated rings. The lowest BCUT2D eigenvalue weighted by Gasteiger charge is -2.22. The number of carbonyl (C=O) groups excluding carboxylic acids is 1. The molecule has 1 amide bonds. The van der Waals surface area contributed by atoms with Crippen molar-refractivity contribution in [3.8, 4) is 0 Å². The Morgan fingerprint density at radius 3 is 2.63 bits per heavy atom. The third kappa shape index (κ3) is 4.24. The first-order chi connectivity index (χ1) is 9.13. The van der Waals surface area contributed by atoms with Crippen LogP contribution >= 0.6 is 0 Å². The molecule has 0 aliphatic carbocycles. The van der Waals surface area contributed by atoms with E-state index in [1.807, 2.05) is 32.2 Å². The van der Waals surface area contributed by atoms with Crippen molar-refractivity contribution < 1.29 is 9.90 Å². The van der Waals surface area contributed by atoms with Crippen LogP contribution in [0, 0.1) is 6.92 Å². The van der Waals surface area contributed by atoms with Gasteiger partial charge in [-0.2, -0.15) is 0 Å². The lowest BCUT2D eigenvalue weighted by molar-refractivity contribution is 0.0718. The lowest BCUT2D eigenvalue weighted by atomic mass is 10.1. The number of aryl methyl sites for hydroxylation is 1. The number of unbranched alkanes of at least 4 members (excludes halogenated alkanes) is 1. The molecule has 2 N–H and O–H groups in total. The summed E-state index contributed by atoms with van der Waals surface area (Å²) in [5, 5.41) is 12.1. The van der Waals surface area contributed by atoms with Crippen LogP contribution in [-0.2, 0) is 0 Å². The zero-order valence-corrected chi connectivity index (χ0v) is 12.1. The molecule has 1 rings (SSSR count). The normalized spacial score (nSPS) is 10.3. The molecule has 1 aromatic carbocycles. The molecule has 0 radical (unpaired) electrons. The van der Waals surface area contributed by atoms with E-state index >= 15 is 0 Å². The molecule has 19 heavy (non-hydrogen) atoms. The van der Waals surface area contributed by atoms with Gasteiger partial charge in [0.1, 0.15) is 0 Å². The highest BCUT2D eigenvalue weighted by atomic mass is 16.3. The van der Waals surface area contributed by atoms with Crippen molar-refractivity contribution in [2.75, 3.05) is 32.1 Å². The molecule has 0 saturated carbocycles. The number of benzene rings is 1. The summed E-state index contributed by atoms with van der Waals surface area (Å²) >= 11 is 0. The Morgan fingerprint density at radius 2 is 2.11 bits per heavy atom. The highest BCUT2D eigenvalue weighted by Gasteiger charge is 2.16. The van der Waals surface area contributed by atoms with E-state index in [4.69, 9.17) is 5.11 Å². The molecule has 4 nitrogen and oxygen atoms in total. The summed E-state index contributed by atoms with van der Waals surface area (Å²) in [6, 6.07) is 5.71. The zero-order chi connectivity index (χ0) is 14.3. The molecular weight excluding hydrogens is 240 g/mol. The van der Waals surface area contributed by atoms with Gasteiger partial charge in [0.15, 0.2) is 0 Å². The van der Waals surface area contributed by atoms with Gasteiger partial charge in [0.2, 0.25) is 0 Å². The van der Waals surface area contributed by atoms with Crippen LogP contribution < -0.4 is 5.32 Å². The fourth-order valence-corrected chi connectivity index (χ4v) is 2.01. The van der Waals surface area contributed by atoms with Crippen LogP contribution in [0.25, 0.3) is 0 Å². The first-order valence-corrected chi connectivity index (χ1v) is 6.82. The number of aliphatic hydroxyl groups is 1. The minimum absolute atomic E-state index is 0.00246. The van der Waals surface area contributed by atoms with Gasteiger partial charge in [0.05, 0.1) is 6.61 Å². The van der Waals surface area contributed by atoms with Crippen molar-refractivity contribution >= 4 is 11.6 Å². The van der Waals surface area contributed by atoms with Crippen molar-refractivity contribution in [1.82, 2.24) is 4.90 Å². The number of rotatable bonds is 7. The summed E-state index contributed by atoms with van der Waals surface area (Å²) in [5.41, 5.74) is 2.66. The molecule has 0 unspecified atom stereocenters. The molecule has 0 bridgehead atoms. The van der Waals surface area contributed by atoms with Gasteiger partial charge in [0.25, 0.3) is 5.91 Å². The molecule has 0 spiro atoms. The maximum Gasteiger partial charge on any atom is 0.254 e. The number of amides is 1. The lowest BCUT2D eigenvalue weighted by Crippen LogP contribution is -2.34. The summed E-state index contributed by atoms with van der Waals surface area (Å²) in [5.74, 6) is 0.00246. The quantitative estimate of drug-likeness (QED) is 0.794. The van der Waals surface area contributed by atoms with E-state index in [1.165, 1.54) is 0 Å². The highest BCUT2D eigenvalue weighted by molar-refractivity contribution is 5.96. The van der Waals surface area contributed by atoms with Gasteiger partial charge < -0.3 is 15.3 Å². The summed E-state index contributed by atoms with van der Waals surface area (Å²) in [7, 11) is 1.86. The first kappa shape index (κ1) is 15.5. The van der Waals surface area contributed by atoms with Gasteiger partial charge in [0, 0.05) is 31.4 Å². The van der Waals surface area contributed by atoms with Crippen molar-refractivity contribution in [1.29, 1.82) is 0 Å². The van der Waals surface area contributed by atoms with Crippen LogP contribution in [0.15, 0.2) is 18.2 Å². The second-order valence-corrected chi connectivity index (χ2v) is 4.65. The SMILES string of the molecule is CCCCN(CCO)C(=O)c1ccc(NC)cc1C. The van der Waals surface area contributed by atoms with Crippen LogP contribution in [-0.4, -0.2) is 42.7 Å². The Morgan fingerprint density at radius 1 is 1.37 bits per heavy atom. The Balaban J connectivity index is 2.89. The maximum absolute atomic E-state index is 12.5. The molecule has 0 atom stereocenters. The van der Waals surface area contributed by atoms with Gasteiger partial charge >= 0.3 is 0 Å². The van der Waals surface area contributed by atoms with Crippen LogP contribution in [0.2, 0.25) is 0 Å². The number of aliphatic hydroxyl groups excluding tert-OH is 1. The first-order valence-electron chi connectivity index (χ1n) is 6.82. The molecule has 4 heteroatoms. The zero-order valence-electron chi connectivity index (χ0n) is 12.1. The molecule has 106 valence electrons. The van der Waals surface area contributed by atoms with Crippen LogP contribution in [0.4, 0.5) is 5.69 Å². The van der Waals surface area contributed by atoms with E-state index in [2.05, 4.69) is 12.2 Å². The van der Waals surface area contributed by atoms with Gasteiger partial charge in [-0.1, -0.05) is 13.3 Å². The van der Waals surface area contributed by atoms with Gasteiger partial charge in [-0.3, -0.25) is 4.79 Å². The second kappa shape index (κ2) is 7.79. The summed E-state index contributed by atoms with van der Waals surface area (Å²) in [6.07, 6.45) is 1.99. The standard InChI is InChI=1S/C15H24N2O2/c1-4-5-8-17(9-10-18)15(19)14-7-6-13(16-3)11-12(14)2/h6-7,11,16,18H,4-5,8-10H2,1-3H3. The summed E-state index contributed by atoms with van der Waals surface area (Å²) in [6.45, 7) is 5.12. The third-order valence-electron chi connectivity index (χ3n) is 3.18. The average molecular weight is 264 g/mol. The van der Waals surface area contributed by atoms with Crippen LogP contribution in [0.3, 0.4) is 0 Å². The van der Waals surface area contributed by atoms with Crippen molar-refractivity contribution in [3.63, 3.8) is 0 Å². The number of nitrogens with one attached hydrogen (secondary N) is 1. The predicted molar refractivity (Wildman–Crippen MR) is 78.6 cm³/mol. The minimum atomic E-state index is 0.00246. The second-order valence-electron chi connectivity index (χ2n) is 4.65. The molecule has 0 aromatic heterocycles. The smallest absolute Gasteiger partial charge is 0.254 e. The third-order valence-corrected chi connectivity index (χ3v) is 3.18. The molecular formula is C15H24N2O2. The van der Waals surface area contributed by atoms with Gasteiger partial charge in [-0.15, -0.1) is 0 Å². The van der Waals surface area contributed by atoms with E-state index in [0.717, 1.165) is 24.1 Å². The maximum atomic E-state index is 12.5. The Hall–Kier alpha value is -1.55. The number of carbonyl (C=O) groups is 1. The summed E-state index contributed by atoms with van der Waals surface area (Å²) < 4.78 is 0. The monoisotopic (exact) mass is 264 g/mol. The topological polar surface area (TPSA) is 52.6 Å². The highest BCUT2D eigenvalue weighted by Crippen LogP contribution is 2.17. The summed E-state index contributed by atoms with van der Waals surface area (Å²) in [4.78, 5) is 14.2. The Kier molecular flexibility index (Phi) is 6.36. The number of nitrogens with zero attached hydrogens (tertiary/aromatic N) is 1. The van der Waals surface area contributed by atoms with E-state index < -0.39 is 0 Å². The number of anilines is 1.